The first-order chi connectivity index (χ1) is 9.19. The fourth-order valence-corrected chi connectivity index (χ4v) is 3.23. The van der Waals surface area contributed by atoms with Crippen molar-refractivity contribution >= 4 is 27.2 Å². The van der Waals surface area contributed by atoms with Gasteiger partial charge in [0.05, 0.1) is 15.2 Å². The fraction of sp³-hybridized carbons (Fsp3) is 0.562. The number of benzene rings is 1. The van der Waals surface area contributed by atoms with Crippen LogP contribution in [0.15, 0.2) is 18.2 Å². The Kier molecular flexibility index (Phi) is 5.20. The van der Waals surface area contributed by atoms with Crippen LogP contribution >= 0.6 is 11.3 Å². The Morgan fingerprint density at radius 2 is 2.11 bits per heavy atom. The van der Waals surface area contributed by atoms with Crippen molar-refractivity contribution in [3.8, 4) is 0 Å². The van der Waals surface area contributed by atoms with Crippen LogP contribution in [-0.2, 0) is 0 Å². The molecule has 2 rings (SSSR count). The van der Waals surface area contributed by atoms with Gasteiger partial charge in [0.1, 0.15) is 0 Å². The summed E-state index contributed by atoms with van der Waals surface area (Å²) in [5.41, 5.74) is 2.34. The molecule has 0 bridgehead atoms. The largest absolute Gasteiger partial charge is 0.383 e. The molecule has 1 atom stereocenters. The second-order valence-electron chi connectivity index (χ2n) is 5.31. The lowest BCUT2D eigenvalue weighted by Crippen LogP contribution is -2.14. The molecule has 0 spiro atoms. The summed E-state index contributed by atoms with van der Waals surface area (Å²) in [5, 5.41) is 4.74. The molecule has 1 heterocycles. The molecule has 0 aliphatic heterocycles. The maximum atomic E-state index is 4.49. The zero-order valence-corrected chi connectivity index (χ0v) is 13.0. The van der Waals surface area contributed by atoms with E-state index in [0.29, 0.717) is 6.04 Å². The molecule has 0 radical (unpaired) electrons. The van der Waals surface area contributed by atoms with Crippen LogP contribution in [0.5, 0.6) is 0 Å². The van der Waals surface area contributed by atoms with E-state index in [-0.39, 0.29) is 0 Å². The predicted molar refractivity (Wildman–Crippen MR) is 86.2 cm³/mol. The highest BCUT2D eigenvalue weighted by Crippen LogP contribution is 2.25. The van der Waals surface area contributed by atoms with E-state index in [0.717, 1.165) is 10.5 Å². The maximum absolute atomic E-state index is 4.49. The zero-order valence-electron chi connectivity index (χ0n) is 12.2. The molecule has 0 saturated heterocycles. The summed E-state index contributed by atoms with van der Waals surface area (Å²) in [5.74, 6) is 0. The van der Waals surface area contributed by atoms with Gasteiger partial charge in [-0.15, -0.1) is 11.3 Å². The van der Waals surface area contributed by atoms with E-state index >= 15 is 0 Å². The number of hydrogen-bond donors (Lipinski definition) is 1. The predicted octanol–water partition coefficient (Wildman–Crippen LogP) is 5.38. The van der Waals surface area contributed by atoms with E-state index in [1.54, 1.807) is 11.3 Å². The van der Waals surface area contributed by atoms with E-state index in [2.05, 4.69) is 49.3 Å². The van der Waals surface area contributed by atoms with Gasteiger partial charge < -0.3 is 5.32 Å². The smallest absolute Gasteiger partial charge is 0.0907 e. The third-order valence-electron chi connectivity index (χ3n) is 3.40. The van der Waals surface area contributed by atoms with Crippen molar-refractivity contribution < 1.29 is 0 Å². The highest BCUT2D eigenvalue weighted by molar-refractivity contribution is 7.18. The van der Waals surface area contributed by atoms with Crippen LogP contribution in [0.1, 0.15) is 51.0 Å². The van der Waals surface area contributed by atoms with Crippen molar-refractivity contribution in [2.24, 2.45) is 0 Å². The first-order valence-corrected chi connectivity index (χ1v) is 8.14. The zero-order chi connectivity index (χ0) is 13.7. The van der Waals surface area contributed by atoms with Crippen molar-refractivity contribution in [3.05, 3.63) is 23.2 Å². The van der Waals surface area contributed by atoms with Gasteiger partial charge in [-0.05, 0) is 38.5 Å². The molecular weight excluding hydrogens is 252 g/mol. The van der Waals surface area contributed by atoms with Crippen LogP contribution in [0.4, 0.5) is 5.69 Å². The normalized spacial score (nSPS) is 12.8. The Morgan fingerprint density at radius 1 is 1.26 bits per heavy atom. The van der Waals surface area contributed by atoms with Gasteiger partial charge in [-0.3, -0.25) is 0 Å². The van der Waals surface area contributed by atoms with Crippen LogP contribution in [0.3, 0.4) is 0 Å². The lowest BCUT2D eigenvalue weighted by atomic mass is 10.1. The van der Waals surface area contributed by atoms with E-state index < -0.39 is 0 Å². The van der Waals surface area contributed by atoms with Gasteiger partial charge in [0, 0.05) is 11.7 Å². The van der Waals surface area contributed by atoms with E-state index in [1.807, 2.05) is 0 Å². The highest BCUT2D eigenvalue weighted by atomic mass is 32.1. The van der Waals surface area contributed by atoms with Gasteiger partial charge in [-0.1, -0.05) is 32.6 Å². The second kappa shape index (κ2) is 6.90. The molecule has 104 valence electrons. The highest BCUT2D eigenvalue weighted by Gasteiger charge is 2.05. The summed E-state index contributed by atoms with van der Waals surface area (Å²) in [6, 6.07) is 7.03. The van der Waals surface area contributed by atoms with E-state index in [9.17, 15) is 0 Å². The second-order valence-corrected chi connectivity index (χ2v) is 6.54. The topological polar surface area (TPSA) is 24.9 Å². The molecule has 0 saturated carbocycles. The Morgan fingerprint density at radius 3 is 2.89 bits per heavy atom. The van der Waals surface area contributed by atoms with E-state index in [1.165, 1.54) is 42.5 Å². The monoisotopic (exact) mass is 276 g/mol. The summed E-state index contributed by atoms with van der Waals surface area (Å²) in [7, 11) is 0. The average molecular weight is 276 g/mol. The molecule has 1 unspecified atom stereocenters. The number of thiazole rings is 1. The third-order valence-corrected chi connectivity index (χ3v) is 4.33. The molecule has 1 aromatic carbocycles. The lowest BCUT2D eigenvalue weighted by molar-refractivity contribution is 0.594. The van der Waals surface area contributed by atoms with E-state index in [4.69, 9.17) is 0 Å². The van der Waals surface area contributed by atoms with Gasteiger partial charge in [0.15, 0.2) is 0 Å². The number of nitrogens with one attached hydrogen (secondary N) is 1. The molecule has 19 heavy (non-hydrogen) atoms. The number of aryl methyl sites for hydroxylation is 1. The molecule has 0 aliphatic carbocycles. The van der Waals surface area contributed by atoms with Gasteiger partial charge in [0.2, 0.25) is 0 Å². The molecule has 3 heteroatoms. The van der Waals surface area contributed by atoms with Crippen LogP contribution in [0, 0.1) is 6.92 Å². The number of hydrogen-bond acceptors (Lipinski definition) is 3. The van der Waals surface area contributed by atoms with Gasteiger partial charge in [-0.2, -0.15) is 0 Å². The minimum atomic E-state index is 0.545. The number of aromatic nitrogens is 1. The van der Waals surface area contributed by atoms with Crippen LogP contribution in [-0.4, -0.2) is 11.0 Å². The molecule has 2 aromatic rings. The van der Waals surface area contributed by atoms with Crippen LogP contribution < -0.4 is 5.32 Å². The Balaban J connectivity index is 1.89. The number of anilines is 1. The molecule has 2 nitrogen and oxygen atoms in total. The summed E-state index contributed by atoms with van der Waals surface area (Å²) < 4.78 is 1.28. The van der Waals surface area contributed by atoms with Crippen molar-refractivity contribution in [1.82, 2.24) is 4.98 Å². The number of rotatable bonds is 7. The maximum Gasteiger partial charge on any atom is 0.0907 e. The lowest BCUT2D eigenvalue weighted by Gasteiger charge is -2.15. The molecule has 0 aliphatic rings. The van der Waals surface area contributed by atoms with Crippen LogP contribution in [0.25, 0.3) is 10.2 Å². The summed E-state index contributed by atoms with van der Waals surface area (Å²) in [4.78, 5) is 4.49. The first kappa shape index (κ1) is 14.3. The van der Waals surface area contributed by atoms with Crippen molar-refractivity contribution in [1.29, 1.82) is 0 Å². The number of nitrogens with zero attached hydrogens (tertiary/aromatic N) is 1. The quantitative estimate of drug-likeness (QED) is 0.687. The molecule has 0 fully saturated rings. The third kappa shape index (κ3) is 4.20. The van der Waals surface area contributed by atoms with Crippen molar-refractivity contribution in [3.63, 3.8) is 0 Å². The molecule has 1 aromatic heterocycles. The van der Waals surface area contributed by atoms with Gasteiger partial charge in [0.25, 0.3) is 0 Å². The standard InChI is InChI=1S/C16H24N2S/c1-4-5-6-7-8-12(2)17-14-9-10-15-16(11-14)19-13(3)18-15/h9-12,17H,4-8H2,1-3H3. The van der Waals surface area contributed by atoms with Crippen molar-refractivity contribution in [2.75, 3.05) is 5.32 Å². The summed E-state index contributed by atoms with van der Waals surface area (Å²) in [6.07, 6.45) is 6.60. The minimum Gasteiger partial charge on any atom is -0.383 e. The molecule has 0 amide bonds. The number of unbranched alkanes of at least 4 members (excludes halogenated alkanes) is 3. The first-order valence-electron chi connectivity index (χ1n) is 7.32. The molecule has 1 N–H and O–H groups in total. The summed E-state index contributed by atoms with van der Waals surface area (Å²) in [6.45, 7) is 6.59. The van der Waals surface area contributed by atoms with Crippen molar-refractivity contribution in [2.45, 2.75) is 58.9 Å². The number of fused-ring (bicyclic) bond motifs is 1. The SMILES string of the molecule is CCCCCCC(C)Nc1ccc2nc(C)sc2c1. The molecular formula is C16H24N2S. The average Bonchev–Trinajstić information content (AvgIpc) is 2.74. The Hall–Kier alpha value is -1.09. The van der Waals surface area contributed by atoms with Crippen LogP contribution in [0.2, 0.25) is 0 Å². The fourth-order valence-electron chi connectivity index (χ4n) is 2.36. The summed E-state index contributed by atoms with van der Waals surface area (Å²) >= 11 is 1.77. The Labute approximate surface area is 120 Å². The van der Waals surface area contributed by atoms with Gasteiger partial charge >= 0.3 is 0 Å². The minimum absolute atomic E-state index is 0.545. The Bertz CT molecular complexity index is 518. The van der Waals surface area contributed by atoms with Gasteiger partial charge in [-0.25, -0.2) is 4.98 Å².